The lowest BCUT2D eigenvalue weighted by Crippen LogP contribution is -2.00. The molecule has 4 heteroatoms. The summed E-state index contributed by atoms with van der Waals surface area (Å²) in [6.45, 7) is 0.536. The smallest absolute Gasteiger partial charge is 0.336 e. The Morgan fingerprint density at radius 2 is 2.22 bits per heavy atom. The highest BCUT2D eigenvalue weighted by atomic mass is 16.5. The third-order valence-electron chi connectivity index (χ3n) is 3.05. The highest BCUT2D eigenvalue weighted by Gasteiger charge is 2.21. The van der Waals surface area contributed by atoms with Crippen LogP contribution in [0, 0.1) is 0 Å². The second-order valence-electron chi connectivity index (χ2n) is 4.53. The number of carboxylic acid groups (broad SMARTS) is 1. The molecular formula is C14H13NO3. The first-order valence-corrected chi connectivity index (χ1v) is 5.96. The second-order valence-corrected chi connectivity index (χ2v) is 4.53. The molecule has 4 nitrogen and oxygen atoms in total. The molecule has 0 saturated heterocycles. The van der Waals surface area contributed by atoms with Crippen LogP contribution in [-0.2, 0) is 11.3 Å². The molecule has 0 amide bonds. The van der Waals surface area contributed by atoms with Crippen LogP contribution in [0.2, 0.25) is 0 Å². The molecule has 1 N–H and O–H groups in total. The maximum Gasteiger partial charge on any atom is 0.336 e. The number of nitrogens with zero attached hydrogens (tertiary/aromatic N) is 1. The summed E-state index contributed by atoms with van der Waals surface area (Å²) in [5, 5.41) is 9.81. The lowest BCUT2D eigenvalue weighted by atomic mass is 10.1. The van der Waals surface area contributed by atoms with Crippen LogP contribution in [0.4, 0.5) is 0 Å². The zero-order valence-electron chi connectivity index (χ0n) is 9.80. The Balaban J connectivity index is 1.97. The van der Waals surface area contributed by atoms with E-state index in [1.807, 2.05) is 18.2 Å². The van der Waals surface area contributed by atoms with E-state index in [2.05, 4.69) is 4.98 Å². The molecule has 92 valence electrons. The molecule has 0 radical (unpaired) electrons. The average molecular weight is 243 g/mol. The topological polar surface area (TPSA) is 59.4 Å². The zero-order chi connectivity index (χ0) is 12.5. The summed E-state index contributed by atoms with van der Waals surface area (Å²) in [4.78, 5) is 15.3. The highest BCUT2D eigenvalue weighted by molar-refractivity contribution is 6.02. The summed E-state index contributed by atoms with van der Waals surface area (Å²) in [5.41, 5.74) is 1.98. The van der Waals surface area contributed by atoms with Gasteiger partial charge in [0, 0.05) is 11.6 Å². The van der Waals surface area contributed by atoms with Gasteiger partial charge in [-0.05, 0) is 36.6 Å². The first-order valence-electron chi connectivity index (χ1n) is 5.96. The quantitative estimate of drug-likeness (QED) is 0.896. The van der Waals surface area contributed by atoms with Crippen molar-refractivity contribution in [3.8, 4) is 0 Å². The van der Waals surface area contributed by atoms with Gasteiger partial charge in [-0.3, -0.25) is 4.98 Å². The van der Waals surface area contributed by atoms with Crippen LogP contribution in [0.25, 0.3) is 10.9 Å². The fraction of sp³-hybridized carbons (Fsp3) is 0.286. The van der Waals surface area contributed by atoms with Gasteiger partial charge in [-0.1, -0.05) is 6.07 Å². The van der Waals surface area contributed by atoms with Crippen molar-refractivity contribution >= 4 is 16.9 Å². The number of carbonyl (C=O) groups is 1. The number of rotatable bonds is 4. The number of carboxylic acids is 1. The Labute approximate surface area is 104 Å². The second kappa shape index (κ2) is 4.38. The minimum Gasteiger partial charge on any atom is -0.478 e. The van der Waals surface area contributed by atoms with Crippen molar-refractivity contribution in [2.24, 2.45) is 0 Å². The maximum absolute atomic E-state index is 11.1. The van der Waals surface area contributed by atoms with Gasteiger partial charge in [0.2, 0.25) is 0 Å². The maximum atomic E-state index is 11.1. The Hall–Kier alpha value is -1.94. The van der Waals surface area contributed by atoms with E-state index in [0.29, 0.717) is 23.6 Å². The van der Waals surface area contributed by atoms with Crippen molar-refractivity contribution in [3.63, 3.8) is 0 Å². The zero-order valence-corrected chi connectivity index (χ0v) is 9.80. The molecule has 1 aliphatic rings. The molecule has 0 unspecified atom stereocenters. The van der Waals surface area contributed by atoms with Gasteiger partial charge in [0.05, 0.1) is 23.8 Å². The Bertz CT molecular complexity index is 605. The van der Waals surface area contributed by atoms with Crippen LogP contribution in [0.1, 0.15) is 28.8 Å². The molecule has 1 aliphatic carbocycles. The fourth-order valence-corrected chi connectivity index (χ4v) is 1.92. The number of aromatic carboxylic acids is 1. The molecular weight excluding hydrogens is 230 g/mol. The molecule has 1 heterocycles. The van der Waals surface area contributed by atoms with E-state index in [1.54, 1.807) is 0 Å². The highest BCUT2D eigenvalue weighted by Crippen LogP contribution is 2.25. The summed E-state index contributed by atoms with van der Waals surface area (Å²) in [6, 6.07) is 7.15. The SMILES string of the molecule is O=C(O)c1ccnc2ccc(COC3CC3)cc12. The van der Waals surface area contributed by atoms with E-state index in [4.69, 9.17) is 9.84 Å². The van der Waals surface area contributed by atoms with Gasteiger partial charge in [-0.25, -0.2) is 4.79 Å². The largest absolute Gasteiger partial charge is 0.478 e. The standard InChI is InChI=1S/C14H13NO3/c16-14(17)11-5-6-15-13-4-1-9(7-12(11)13)8-18-10-2-3-10/h1,4-7,10H,2-3,8H2,(H,16,17). The van der Waals surface area contributed by atoms with Crippen molar-refractivity contribution in [1.29, 1.82) is 0 Å². The van der Waals surface area contributed by atoms with E-state index in [-0.39, 0.29) is 5.56 Å². The molecule has 18 heavy (non-hydrogen) atoms. The van der Waals surface area contributed by atoms with Crippen LogP contribution in [-0.4, -0.2) is 22.2 Å². The van der Waals surface area contributed by atoms with Crippen LogP contribution in [0.5, 0.6) is 0 Å². The number of ether oxygens (including phenoxy) is 1. The van der Waals surface area contributed by atoms with Crippen LogP contribution in [0.3, 0.4) is 0 Å². The minimum absolute atomic E-state index is 0.285. The van der Waals surface area contributed by atoms with E-state index < -0.39 is 5.97 Å². The van der Waals surface area contributed by atoms with E-state index >= 15 is 0 Å². The molecule has 1 fully saturated rings. The van der Waals surface area contributed by atoms with Crippen molar-refractivity contribution in [3.05, 3.63) is 41.6 Å². The first-order chi connectivity index (χ1) is 8.74. The lowest BCUT2D eigenvalue weighted by molar-refractivity contribution is 0.0699. The average Bonchev–Trinajstić information content (AvgIpc) is 3.19. The third-order valence-corrected chi connectivity index (χ3v) is 3.05. The number of pyridine rings is 1. The van der Waals surface area contributed by atoms with Crippen molar-refractivity contribution < 1.29 is 14.6 Å². The third kappa shape index (κ3) is 2.19. The predicted octanol–water partition coefficient (Wildman–Crippen LogP) is 2.61. The van der Waals surface area contributed by atoms with Crippen LogP contribution in [0.15, 0.2) is 30.5 Å². The van der Waals surface area contributed by atoms with E-state index in [0.717, 1.165) is 18.4 Å². The molecule has 0 spiro atoms. The molecule has 0 aliphatic heterocycles. The number of hydrogen-bond acceptors (Lipinski definition) is 3. The van der Waals surface area contributed by atoms with Gasteiger partial charge in [-0.15, -0.1) is 0 Å². The number of hydrogen-bond donors (Lipinski definition) is 1. The van der Waals surface area contributed by atoms with Gasteiger partial charge < -0.3 is 9.84 Å². The van der Waals surface area contributed by atoms with Gasteiger partial charge in [0.15, 0.2) is 0 Å². The normalized spacial score (nSPS) is 14.9. The summed E-state index contributed by atoms with van der Waals surface area (Å²) in [5.74, 6) is -0.928. The molecule has 0 atom stereocenters. The monoisotopic (exact) mass is 243 g/mol. The van der Waals surface area contributed by atoms with Crippen LogP contribution < -0.4 is 0 Å². The molecule has 1 aromatic carbocycles. The molecule has 1 saturated carbocycles. The predicted molar refractivity (Wildman–Crippen MR) is 66.5 cm³/mol. The van der Waals surface area contributed by atoms with Crippen molar-refractivity contribution in [1.82, 2.24) is 4.98 Å². The van der Waals surface area contributed by atoms with Crippen LogP contribution >= 0.6 is 0 Å². The molecule has 3 rings (SSSR count). The minimum atomic E-state index is -0.928. The summed E-state index contributed by atoms with van der Waals surface area (Å²) in [6.07, 6.45) is 4.19. The summed E-state index contributed by atoms with van der Waals surface area (Å²) in [7, 11) is 0. The Morgan fingerprint density at radius 1 is 1.39 bits per heavy atom. The lowest BCUT2D eigenvalue weighted by Gasteiger charge is -2.06. The number of fused-ring (bicyclic) bond motifs is 1. The first kappa shape index (κ1) is 11.2. The molecule has 1 aromatic heterocycles. The number of aromatic nitrogens is 1. The summed E-state index contributed by atoms with van der Waals surface area (Å²) >= 11 is 0. The van der Waals surface area contributed by atoms with Gasteiger partial charge in [0.1, 0.15) is 0 Å². The molecule has 2 aromatic rings. The Kier molecular flexibility index (Phi) is 2.72. The van der Waals surface area contributed by atoms with Crippen molar-refractivity contribution in [2.45, 2.75) is 25.6 Å². The van der Waals surface area contributed by atoms with Gasteiger partial charge in [-0.2, -0.15) is 0 Å². The molecule has 0 bridgehead atoms. The van der Waals surface area contributed by atoms with Gasteiger partial charge in [0.25, 0.3) is 0 Å². The number of benzene rings is 1. The van der Waals surface area contributed by atoms with E-state index in [1.165, 1.54) is 12.3 Å². The summed E-state index contributed by atoms with van der Waals surface area (Å²) < 4.78 is 5.62. The van der Waals surface area contributed by atoms with Crippen molar-refractivity contribution in [2.75, 3.05) is 0 Å². The van der Waals surface area contributed by atoms with Gasteiger partial charge >= 0.3 is 5.97 Å². The fourth-order valence-electron chi connectivity index (χ4n) is 1.92. The Morgan fingerprint density at radius 3 is 2.94 bits per heavy atom. The van der Waals surface area contributed by atoms with E-state index in [9.17, 15) is 4.79 Å².